The van der Waals surface area contributed by atoms with Gasteiger partial charge in [-0.1, -0.05) is 6.08 Å². The Morgan fingerprint density at radius 1 is 1.55 bits per heavy atom. The van der Waals surface area contributed by atoms with Gasteiger partial charge >= 0.3 is 0 Å². The van der Waals surface area contributed by atoms with Crippen molar-refractivity contribution in [1.29, 1.82) is 0 Å². The van der Waals surface area contributed by atoms with Crippen LogP contribution in [-0.4, -0.2) is 20.0 Å². The van der Waals surface area contributed by atoms with E-state index in [9.17, 15) is 0 Å². The number of hydrogen-bond donors (Lipinski definition) is 0. The van der Waals surface area contributed by atoms with E-state index in [0.717, 1.165) is 19.3 Å². The Hall–Kier alpha value is -0.340. The summed E-state index contributed by atoms with van der Waals surface area (Å²) in [6.45, 7) is 6.11. The molecule has 1 atom stereocenters. The fraction of sp³-hybridized carbons (Fsp3) is 0.778. The molecular formula is C9H18O2. The third-order valence-corrected chi connectivity index (χ3v) is 1.49. The van der Waals surface area contributed by atoms with Crippen molar-refractivity contribution < 1.29 is 9.47 Å². The summed E-state index contributed by atoms with van der Waals surface area (Å²) < 4.78 is 10.1. The fourth-order valence-electron chi connectivity index (χ4n) is 0.817. The van der Waals surface area contributed by atoms with E-state index in [1.807, 2.05) is 6.08 Å². The number of hydrogen-bond acceptors (Lipinski definition) is 2. The molecule has 0 amide bonds. The SMILES string of the molecule is C=CCCC[C@H](C)OCOC. The van der Waals surface area contributed by atoms with E-state index < -0.39 is 0 Å². The van der Waals surface area contributed by atoms with Crippen LogP contribution in [0.5, 0.6) is 0 Å². The molecule has 0 aromatic rings. The van der Waals surface area contributed by atoms with Gasteiger partial charge in [0, 0.05) is 7.11 Å². The molecule has 0 rings (SSSR count). The zero-order chi connectivity index (χ0) is 8.53. The van der Waals surface area contributed by atoms with Crippen LogP contribution in [0.2, 0.25) is 0 Å². The molecule has 0 bridgehead atoms. The zero-order valence-electron chi connectivity index (χ0n) is 7.51. The summed E-state index contributed by atoms with van der Waals surface area (Å²) in [4.78, 5) is 0. The van der Waals surface area contributed by atoms with E-state index in [-0.39, 0.29) is 0 Å². The lowest BCUT2D eigenvalue weighted by molar-refractivity contribution is -0.0676. The second-order valence-corrected chi connectivity index (χ2v) is 2.60. The van der Waals surface area contributed by atoms with Gasteiger partial charge in [0.25, 0.3) is 0 Å². The first kappa shape index (κ1) is 10.7. The third-order valence-electron chi connectivity index (χ3n) is 1.49. The van der Waals surface area contributed by atoms with E-state index in [1.165, 1.54) is 0 Å². The minimum absolute atomic E-state index is 0.301. The predicted molar refractivity (Wildman–Crippen MR) is 46.5 cm³/mol. The molecule has 0 saturated carbocycles. The largest absolute Gasteiger partial charge is 0.359 e. The quantitative estimate of drug-likeness (QED) is 0.321. The molecular weight excluding hydrogens is 140 g/mol. The summed E-state index contributed by atoms with van der Waals surface area (Å²) >= 11 is 0. The van der Waals surface area contributed by atoms with Gasteiger partial charge in [-0.15, -0.1) is 6.58 Å². The van der Waals surface area contributed by atoms with Gasteiger partial charge < -0.3 is 9.47 Å². The molecule has 0 aliphatic carbocycles. The van der Waals surface area contributed by atoms with Crippen molar-refractivity contribution in [3.8, 4) is 0 Å². The van der Waals surface area contributed by atoms with Crippen molar-refractivity contribution in [3.05, 3.63) is 12.7 Å². The van der Waals surface area contributed by atoms with Crippen LogP contribution in [0.3, 0.4) is 0 Å². The molecule has 0 N–H and O–H groups in total. The highest BCUT2D eigenvalue weighted by Crippen LogP contribution is 2.03. The minimum Gasteiger partial charge on any atom is -0.359 e. The van der Waals surface area contributed by atoms with Crippen LogP contribution in [0, 0.1) is 0 Å². The lowest BCUT2D eigenvalue weighted by Gasteiger charge is -2.10. The second-order valence-electron chi connectivity index (χ2n) is 2.60. The molecule has 2 heteroatoms. The summed E-state index contributed by atoms with van der Waals surface area (Å²) in [5, 5.41) is 0. The summed E-state index contributed by atoms with van der Waals surface area (Å²) in [5.41, 5.74) is 0. The molecule has 0 radical (unpaired) electrons. The molecule has 0 saturated heterocycles. The van der Waals surface area contributed by atoms with Gasteiger partial charge in [0.05, 0.1) is 6.10 Å². The monoisotopic (exact) mass is 158 g/mol. The first-order valence-electron chi connectivity index (χ1n) is 4.02. The maximum atomic E-state index is 5.28. The van der Waals surface area contributed by atoms with Gasteiger partial charge in [0.15, 0.2) is 0 Å². The van der Waals surface area contributed by atoms with E-state index in [2.05, 4.69) is 13.5 Å². The van der Waals surface area contributed by atoms with E-state index in [1.54, 1.807) is 7.11 Å². The van der Waals surface area contributed by atoms with Crippen molar-refractivity contribution >= 4 is 0 Å². The highest BCUT2D eigenvalue weighted by Gasteiger charge is 1.99. The number of methoxy groups -OCH3 is 1. The number of unbranched alkanes of at least 4 members (excludes halogenated alkanes) is 1. The van der Waals surface area contributed by atoms with E-state index in [4.69, 9.17) is 9.47 Å². The van der Waals surface area contributed by atoms with Gasteiger partial charge in [-0.05, 0) is 26.2 Å². The Labute approximate surface area is 69.2 Å². The highest BCUT2D eigenvalue weighted by molar-refractivity contribution is 4.66. The molecule has 0 fully saturated rings. The van der Waals surface area contributed by atoms with Crippen molar-refractivity contribution in [2.75, 3.05) is 13.9 Å². The lowest BCUT2D eigenvalue weighted by atomic mass is 10.2. The van der Waals surface area contributed by atoms with Gasteiger partial charge in [-0.25, -0.2) is 0 Å². The molecule has 2 nitrogen and oxygen atoms in total. The van der Waals surface area contributed by atoms with Crippen LogP contribution in [0.15, 0.2) is 12.7 Å². The Bertz CT molecular complexity index is 91.6. The number of rotatable bonds is 7. The number of allylic oxidation sites excluding steroid dienone is 1. The average molecular weight is 158 g/mol. The third kappa shape index (κ3) is 7.56. The van der Waals surface area contributed by atoms with Crippen molar-refractivity contribution in [3.63, 3.8) is 0 Å². The summed E-state index contributed by atoms with van der Waals surface area (Å²) in [5.74, 6) is 0. The topological polar surface area (TPSA) is 18.5 Å². The van der Waals surface area contributed by atoms with Crippen LogP contribution in [-0.2, 0) is 9.47 Å². The smallest absolute Gasteiger partial charge is 0.146 e. The Kier molecular flexibility index (Phi) is 7.52. The zero-order valence-corrected chi connectivity index (χ0v) is 7.51. The van der Waals surface area contributed by atoms with Crippen LogP contribution >= 0.6 is 0 Å². The van der Waals surface area contributed by atoms with Gasteiger partial charge in [-0.2, -0.15) is 0 Å². The van der Waals surface area contributed by atoms with Crippen LogP contribution < -0.4 is 0 Å². The van der Waals surface area contributed by atoms with Crippen LogP contribution in [0.25, 0.3) is 0 Å². The van der Waals surface area contributed by atoms with E-state index in [0.29, 0.717) is 12.9 Å². The van der Waals surface area contributed by atoms with Gasteiger partial charge in [0.1, 0.15) is 6.79 Å². The van der Waals surface area contributed by atoms with Gasteiger partial charge in [-0.3, -0.25) is 0 Å². The molecule has 66 valence electrons. The molecule has 0 unspecified atom stereocenters. The second kappa shape index (κ2) is 7.76. The van der Waals surface area contributed by atoms with Crippen LogP contribution in [0.4, 0.5) is 0 Å². The molecule has 0 aliphatic rings. The first-order chi connectivity index (χ1) is 5.31. The summed E-state index contributed by atoms with van der Waals surface area (Å²) in [7, 11) is 1.64. The molecule has 0 aliphatic heterocycles. The predicted octanol–water partition coefficient (Wildman–Crippen LogP) is 2.35. The molecule has 11 heavy (non-hydrogen) atoms. The van der Waals surface area contributed by atoms with Crippen molar-refractivity contribution in [1.82, 2.24) is 0 Å². The van der Waals surface area contributed by atoms with Crippen molar-refractivity contribution in [2.45, 2.75) is 32.3 Å². The summed E-state index contributed by atoms with van der Waals surface area (Å²) in [6, 6.07) is 0. The van der Waals surface area contributed by atoms with Crippen LogP contribution in [0.1, 0.15) is 26.2 Å². The summed E-state index contributed by atoms with van der Waals surface area (Å²) in [6.07, 6.45) is 5.53. The first-order valence-corrected chi connectivity index (χ1v) is 4.02. The molecule has 0 aromatic carbocycles. The fourth-order valence-corrected chi connectivity index (χ4v) is 0.817. The maximum absolute atomic E-state index is 5.28. The van der Waals surface area contributed by atoms with Gasteiger partial charge in [0.2, 0.25) is 0 Å². The Morgan fingerprint density at radius 3 is 2.82 bits per heavy atom. The normalized spacial score (nSPS) is 12.9. The number of ether oxygens (including phenoxy) is 2. The lowest BCUT2D eigenvalue weighted by Crippen LogP contribution is -2.09. The Morgan fingerprint density at radius 2 is 2.27 bits per heavy atom. The molecule has 0 spiro atoms. The average Bonchev–Trinajstić information content (AvgIpc) is 2.01. The minimum atomic E-state index is 0.301. The highest BCUT2D eigenvalue weighted by atomic mass is 16.7. The Balaban J connectivity index is 3.08. The van der Waals surface area contributed by atoms with Crippen molar-refractivity contribution in [2.24, 2.45) is 0 Å². The van der Waals surface area contributed by atoms with E-state index >= 15 is 0 Å². The standard InChI is InChI=1S/C9H18O2/c1-4-5-6-7-9(2)11-8-10-3/h4,9H,1,5-8H2,2-3H3/t9-/m0/s1. The molecule has 0 aromatic heterocycles. The molecule has 0 heterocycles. The maximum Gasteiger partial charge on any atom is 0.146 e.